The summed E-state index contributed by atoms with van der Waals surface area (Å²) in [7, 11) is 1.96. The Labute approximate surface area is 202 Å². The van der Waals surface area contributed by atoms with Gasteiger partial charge in [-0.05, 0) is 42.8 Å². The van der Waals surface area contributed by atoms with Gasteiger partial charge in [0.15, 0.2) is 0 Å². The van der Waals surface area contributed by atoms with Gasteiger partial charge in [0.05, 0.1) is 18.8 Å². The third-order valence-electron chi connectivity index (χ3n) is 5.87. The van der Waals surface area contributed by atoms with E-state index in [2.05, 4.69) is 57.3 Å². The van der Waals surface area contributed by atoms with E-state index in [9.17, 15) is 4.79 Å². The Morgan fingerprint density at radius 2 is 1.85 bits per heavy atom. The molecule has 1 N–H and O–H groups in total. The summed E-state index contributed by atoms with van der Waals surface area (Å²) in [4.78, 5) is 20.8. The van der Waals surface area contributed by atoms with E-state index in [1.807, 2.05) is 41.9 Å². The molecule has 0 spiro atoms. The predicted octanol–water partition coefficient (Wildman–Crippen LogP) is 4.97. The van der Waals surface area contributed by atoms with Crippen LogP contribution in [0.4, 0.5) is 0 Å². The van der Waals surface area contributed by atoms with E-state index < -0.39 is 0 Å². The molecule has 0 saturated heterocycles. The standard InChI is InChI=1S/C26H29BrN4O2/c1-3-23(30(15-14-28-2)17-20-9-11-21(27)12-10-20)24-29-25-22(13-16-33-25)26(32)31(24)18-19-7-5-4-6-8-19/h4-13,16,23,28H,3,14-15,17-18H2,1-2H3. The average molecular weight is 509 g/mol. The van der Waals surface area contributed by atoms with Gasteiger partial charge in [-0.15, -0.1) is 0 Å². The van der Waals surface area contributed by atoms with Gasteiger partial charge in [-0.1, -0.05) is 65.3 Å². The van der Waals surface area contributed by atoms with Gasteiger partial charge in [0.25, 0.3) is 5.56 Å². The zero-order chi connectivity index (χ0) is 23.2. The van der Waals surface area contributed by atoms with Gasteiger partial charge in [0.1, 0.15) is 11.2 Å². The van der Waals surface area contributed by atoms with Crippen molar-refractivity contribution < 1.29 is 4.42 Å². The first-order chi connectivity index (χ1) is 16.1. The summed E-state index contributed by atoms with van der Waals surface area (Å²) in [5, 5.41) is 3.77. The monoisotopic (exact) mass is 508 g/mol. The quantitative estimate of drug-likeness (QED) is 0.327. The van der Waals surface area contributed by atoms with Crippen molar-refractivity contribution in [3.8, 4) is 0 Å². The van der Waals surface area contributed by atoms with Crippen molar-refractivity contribution in [3.05, 3.63) is 98.7 Å². The minimum atomic E-state index is -0.0664. The van der Waals surface area contributed by atoms with Crippen LogP contribution in [0.3, 0.4) is 0 Å². The lowest BCUT2D eigenvalue weighted by Crippen LogP contribution is -2.38. The van der Waals surface area contributed by atoms with Crippen LogP contribution in [0.15, 0.2) is 80.6 Å². The predicted molar refractivity (Wildman–Crippen MR) is 135 cm³/mol. The van der Waals surface area contributed by atoms with Crippen LogP contribution in [0, 0.1) is 0 Å². The third-order valence-corrected chi connectivity index (χ3v) is 6.40. The van der Waals surface area contributed by atoms with Crippen LogP contribution < -0.4 is 10.9 Å². The molecule has 0 bridgehead atoms. The number of rotatable bonds is 10. The molecule has 1 unspecified atom stereocenters. The number of fused-ring (bicyclic) bond motifs is 1. The van der Waals surface area contributed by atoms with Gasteiger partial charge in [-0.25, -0.2) is 0 Å². The van der Waals surface area contributed by atoms with Crippen molar-refractivity contribution >= 4 is 27.0 Å². The zero-order valence-corrected chi connectivity index (χ0v) is 20.6. The Morgan fingerprint density at radius 3 is 2.55 bits per heavy atom. The lowest BCUT2D eigenvalue weighted by Gasteiger charge is -2.32. The molecule has 0 amide bonds. The number of halogens is 1. The average Bonchev–Trinajstić information content (AvgIpc) is 3.31. The highest BCUT2D eigenvalue weighted by Gasteiger charge is 2.26. The molecule has 0 radical (unpaired) electrons. The number of furan rings is 1. The summed E-state index contributed by atoms with van der Waals surface area (Å²) < 4.78 is 8.44. The molecule has 1 atom stereocenters. The third kappa shape index (κ3) is 5.43. The number of hydrogen-bond acceptors (Lipinski definition) is 5. The fraction of sp³-hybridized carbons (Fsp3) is 0.308. The van der Waals surface area contributed by atoms with Crippen LogP contribution in [0.25, 0.3) is 11.1 Å². The molecule has 6 nitrogen and oxygen atoms in total. The maximum absolute atomic E-state index is 13.5. The van der Waals surface area contributed by atoms with Crippen LogP contribution >= 0.6 is 15.9 Å². The second-order valence-corrected chi connectivity index (χ2v) is 9.03. The topological polar surface area (TPSA) is 63.3 Å². The molecule has 4 aromatic rings. The molecule has 172 valence electrons. The molecular weight excluding hydrogens is 480 g/mol. The Bertz CT molecular complexity index is 1230. The van der Waals surface area contributed by atoms with Gasteiger partial charge in [-0.2, -0.15) is 4.98 Å². The number of aromatic nitrogens is 2. The first kappa shape index (κ1) is 23.4. The van der Waals surface area contributed by atoms with Crippen LogP contribution in [0.2, 0.25) is 0 Å². The Hall–Kier alpha value is -2.74. The maximum Gasteiger partial charge on any atom is 0.265 e. The fourth-order valence-corrected chi connectivity index (χ4v) is 4.43. The maximum atomic E-state index is 13.5. The highest BCUT2D eigenvalue weighted by atomic mass is 79.9. The molecule has 4 rings (SSSR count). The molecule has 2 aromatic carbocycles. The van der Waals surface area contributed by atoms with Crippen LogP contribution in [0.5, 0.6) is 0 Å². The number of benzene rings is 2. The first-order valence-corrected chi connectivity index (χ1v) is 12.0. The minimum absolute atomic E-state index is 0.0482. The van der Waals surface area contributed by atoms with Gasteiger partial charge in [0, 0.05) is 24.1 Å². The summed E-state index contributed by atoms with van der Waals surface area (Å²) in [6, 6.07) is 20.1. The van der Waals surface area contributed by atoms with Gasteiger partial charge in [0.2, 0.25) is 5.71 Å². The van der Waals surface area contributed by atoms with Crippen molar-refractivity contribution in [2.75, 3.05) is 20.1 Å². The number of nitrogens with one attached hydrogen (secondary N) is 1. The van der Waals surface area contributed by atoms with Crippen molar-refractivity contribution in [1.29, 1.82) is 0 Å². The lowest BCUT2D eigenvalue weighted by molar-refractivity contribution is 0.172. The molecule has 7 heteroatoms. The normalized spacial score (nSPS) is 12.5. The summed E-state index contributed by atoms with van der Waals surface area (Å²) in [5.41, 5.74) is 2.61. The summed E-state index contributed by atoms with van der Waals surface area (Å²) >= 11 is 3.52. The van der Waals surface area contributed by atoms with Crippen LogP contribution in [-0.4, -0.2) is 34.6 Å². The summed E-state index contributed by atoms with van der Waals surface area (Å²) in [6.07, 6.45) is 2.35. The van der Waals surface area contributed by atoms with Crippen LogP contribution in [-0.2, 0) is 13.1 Å². The Morgan fingerprint density at radius 1 is 1.09 bits per heavy atom. The van der Waals surface area contributed by atoms with Crippen molar-refractivity contribution in [3.63, 3.8) is 0 Å². The fourth-order valence-electron chi connectivity index (χ4n) is 4.17. The molecular formula is C26H29BrN4O2. The van der Waals surface area contributed by atoms with Gasteiger partial charge in [-0.3, -0.25) is 14.3 Å². The van der Waals surface area contributed by atoms with E-state index in [1.165, 1.54) is 11.8 Å². The summed E-state index contributed by atoms with van der Waals surface area (Å²) in [6.45, 7) is 5.02. The molecule has 0 aliphatic rings. The molecule has 2 aromatic heterocycles. The van der Waals surface area contributed by atoms with E-state index in [1.54, 1.807) is 6.07 Å². The number of hydrogen-bond donors (Lipinski definition) is 1. The van der Waals surface area contributed by atoms with Gasteiger partial charge < -0.3 is 9.73 Å². The van der Waals surface area contributed by atoms with Crippen molar-refractivity contribution in [2.45, 2.75) is 32.5 Å². The Balaban J connectivity index is 1.78. The Kier molecular flexibility index (Phi) is 7.75. The molecule has 33 heavy (non-hydrogen) atoms. The number of likely N-dealkylation sites (N-methyl/N-ethyl adjacent to an activating group) is 1. The second-order valence-electron chi connectivity index (χ2n) is 8.11. The van der Waals surface area contributed by atoms with Crippen molar-refractivity contribution in [1.82, 2.24) is 19.8 Å². The summed E-state index contributed by atoms with van der Waals surface area (Å²) in [5.74, 6) is 0.738. The van der Waals surface area contributed by atoms with E-state index in [4.69, 9.17) is 9.40 Å². The molecule has 2 heterocycles. The minimum Gasteiger partial charge on any atom is -0.446 e. The first-order valence-electron chi connectivity index (χ1n) is 11.3. The van der Waals surface area contributed by atoms with Gasteiger partial charge >= 0.3 is 0 Å². The largest absolute Gasteiger partial charge is 0.446 e. The molecule has 0 aliphatic heterocycles. The van der Waals surface area contributed by atoms with E-state index in [0.29, 0.717) is 17.6 Å². The lowest BCUT2D eigenvalue weighted by atomic mass is 10.1. The van der Waals surface area contributed by atoms with E-state index in [0.717, 1.165) is 41.9 Å². The van der Waals surface area contributed by atoms with E-state index in [-0.39, 0.29) is 11.6 Å². The molecule has 0 fully saturated rings. The zero-order valence-electron chi connectivity index (χ0n) is 19.0. The molecule has 0 saturated carbocycles. The highest BCUT2D eigenvalue weighted by Crippen LogP contribution is 2.26. The SMILES string of the molecule is CCC(c1nc2occc2c(=O)n1Cc1ccccc1)N(CCNC)Cc1ccc(Br)cc1. The smallest absolute Gasteiger partial charge is 0.265 e. The second kappa shape index (κ2) is 10.9. The van der Waals surface area contributed by atoms with E-state index >= 15 is 0 Å². The highest BCUT2D eigenvalue weighted by molar-refractivity contribution is 9.10. The number of nitrogens with zero attached hydrogens (tertiary/aromatic N) is 3. The van der Waals surface area contributed by atoms with Crippen LogP contribution in [0.1, 0.15) is 36.3 Å². The molecule has 0 aliphatic carbocycles. The van der Waals surface area contributed by atoms with Crippen molar-refractivity contribution in [2.24, 2.45) is 0 Å².